The first-order chi connectivity index (χ1) is 8.51. The van der Waals surface area contributed by atoms with Gasteiger partial charge in [0.15, 0.2) is 0 Å². The van der Waals surface area contributed by atoms with Gasteiger partial charge < -0.3 is 9.84 Å². The summed E-state index contributed by atoms with van der Waals surface area (Å²) in [5.41, 5.74) is 0.452. The van der Waals surface area contributed by atoms with E-state index in [2.05, 4.69) is 15.0 Å². The average molecular weight is 262 g/mol. The Morgan fingerprint density at radius 1 is 1.11 bits per heavy atom. The van der Waals surface area contributed by atoms with Gasteiger partial charge in [-0.05, 0) is 37.1 Å². The molecule has 0 aliphatic rings. The predicted octanol–water partition coefficient (Wildman–Crippen LogP) is 3.44. The number of hydrogen-bond donors (Lipinski definition) is 1. The molecule has 0 amide bonds. The number of alkyl halides is 3. The van der Waals surface area contributed by atoms with E-state index in [0.717, 1.165) is 6.42 Å². The molecule has 1 aromatic rings. The number of unbranched alkanes of at least 4 members (excludes halogenated alkanes) is 1. The van der Waals surface area contributed by atoms with Crippen LogP contribution in [0.15, 0.2) is 34.5 Å². The number of aliphatic hydroxyl groups is 1. The first-order valence-electron chi connectivity index (χ1n) is 5.35. The van der Waals surface area contributed by atoms with Crippen molar-refractivity contribution in [2.75, 3.05) is 13.2 Å². The largest absolute Gasteiger partial charge is 0.573 e. The molecule has 0 unspecified atom stereocenters. The molecule has 1 N–H and O–H groups in total. The fraction of sp³-hybridized carbons (Fsp3) is 0.455. The summed E-state index contributed by atoms with van der Waals surface area (Å²) in [6, 6.07) is 5.12. The third-order valence-electron chi connectivity index (χ3n) is 1.92. The van der Waals surface area contributed by atoms with E-state index in [1.807, 2.05) is 0 Å². The predicted molar refractivity (Wildman–Crippen MR) is 58.8 cm³/mol. The fourth-order valence-corrected chi connectivity index (χ4v) is 1.14. The third kappa shape index (κ3) is 6.19. The van der Waals surface area contributed by atoms with E-state index in [1.54, 1.807) is 0 Å². The molecule has 0 saturated carbocycles. The Kier molecular flexibility index (Phi) is 5.57. The van der Waals surface area contributed by atoms with Crippen molar-refractivity contribution in [3.63, 3.8) is 0 Å². The van der Waals surface area contributed by atoms with Gasteiger partial charge in [-0.1, -0.05) is 0 Å². The van der Waals surface area contributed by atoms with Crippen LogP contribution in [0.1, 0.15) is 12.8 Å². The minimum Gasteiger partial charge on any atom is -0.406 e. The molecule has 0 aliphatic heterocycles. The average Bonchev–Trinajstić information content (AvgIpc) is 2.29. The van der Waals surface area contributed by atoms with Crippen molar-refractivity contribution < 1.29 is 23.0 Å². The molecule has 4 nitrogen and oxygen atoms in total. The molecular weight excluding hydrogens is 249 g/mol. The number of benzene rings is 1. The Balaban J connectivity index is 2.45. The van der Waals surface area contributed by atoms with E-state index >= 15 is 0 Å². The first kappa shape index (κ1) is 14.4. The summed E-state index contributed by atoms with van der Waals surface area (Å²) in [5, 5.41) is 16.2. The van der Waals surface area contributed by atoms with Gasteiger partial charge in [-0.3, -0.25) is 0 Å². The second-order valence-electron chi connectivity index (χ2n) is 3.44. The molecule has 0 bridgehead atoms. The molecule has 0 fully saturated rings. The first-order valence-corrected chi connectivity index (χ1v) is 5.35. The van der Waals surface area contributed by atoms with Gasteiger partial charge in [0, 0.05) is 6.61 Å². The highest BCUT2D eigenvalue weighted by molar-refractivity contribution is 5.40. The molecule has 0 radical (unpaired) electrons. The lowest BCUT2D eigenvalue weighted by molar-refractivity contribution is -0.274. The van der Waals surface area contributed by atoms with Gasteiger partial charge in [0.05, 0.1) is 12.2 Å². The Labute approximate surface area is 102 Å². The highest BCUT2D eigenvalue weighted by Crippen LogP contribution is 2.24. The van der Waals surface area contributed by atoms with Gasteiger partial charge in [-0.15, -0.1) is 13.2 Å². The minimum atomic E-state index is -4.69. The molecule has 0 aliphatic carbocycles. The summed E-state index contributed by atoms with van der Waals surface area (Å²) in [7, 11) is 0. The minimum absolute atomic E-state index is 0.110. The van der Waals surface area contributed by atoms with Crippen LogP contribution >= 0.6 is 0 Å². The van der Waals surface area contributed by atoms with Crippen LogP contribution in [-0.4, -0.2) is 24.6 Å². The Hall–Kier alpha value is -1.63. The quantitative estimate of drug-likeness (QED) is 0.630. The standard InChI is InChI=1S/C11H13F3N2O2/c12-11(13,14)18-10-5-3-9(4-6-10)16-15-7-1-2-8-17/h3-6,17H,1-2,7-8H2. The second-order valence-corrected chi connectivity index (χ2v) is 3.44. The topological polar surface area (TPSA) is 54.2 Å². The smallest absolute Gasteiger partial charge is 0.406 e. The van der Waals surface area contributed by atoms with Crippen LogP contribution in [0.2, 0.25) is 0 Å². The van der Waals surface area contributed by atoms with E-state index in [-0.39, 0.29) is 12.4 Å². The maximum absolute atomic E-state index is 11.9. The van der Waals surface area contributed by atoms with E-state index in [0.29, 0.717) is 18.7 Å². The van der Waals surface area contributed by atoms with Crippen LogP contribution < -0.4 is 4.74 Å². The molecule has 1 rings (SSSR count). The van der Waals surface area contributed by atoms with Crippen molar-refractivity contribution in [2.24, 2.45) is 10.2 Å². The summed E-state index contributed by atoms with van der Waals surface area (Å²) < 4.78 is 39.3. The zero-order valence-electron chi connectivity index (χ0n) is 9.52. The van der Waals surface area contributed by atoms with Crippen LogP contribution in [0.5, 0.6) is 5.75 Å². The summed E-state index contributed by atoms with van der Waals surface area (Å²) in [6.45, 7) is 0.584. The Morgan fingerprint density at radius 2 is 1.78 bits per heavy atom. The molecule has 1 aromatic carbocycles. The fourth-order valence-electron chi connectivity index (χ4n) is 1.14. The number of ether oxygens (including phenoxy) is 1. The lowest BCUT2D eigenvalue weighted by atomic mass is 10.3. The maximum atomic E-state index is 11.9. The van der Waals surface area contributed by atoms with Crippen molar-refractivity contribution in [3.05, 3.63) is 24.3 Å². The van der Waals surface area contributed by atoms with Gasteiger partial charge >= 0.3 is 6.36 Å². The molecule has 7 heteroatoms. The van der Waals surface area contributed by atoms with Gasteiger partial charge in [0.25, 0.3) is 0 Å². The summed E-state index contributed by atoms with van der Waals surface area (Å²) in [6.07, 6.45) is -3.32. The van der Waals surface area contributed by atoms with Crippen molar-refractivity contribution in [3.8, 4) is 5.75 Å². The van der Waals surface area contributed by atoms with Gasteiger partial charge in [0.1, 0.15) is 5.75 Å². The Bertz CT molecular complexity index is 377. The number of hydrogen-bond acceptors (Lipinski definition) is 4. The van der Waals surface area contributed by atoms with Crippen molar-refractivity contribution >= 4 is 5.69 Å². The number of azo groups is 1. The Morgan fingerprint density at radius 3 is 2.33 bits per heavy atom. The monoisotopic (exact) mass is 262 g/mol. The SMILES string of the molecule is OCCCCN=Nc1ccc(OC(F)(F)F)cc1. The van der Waals surface area contributed by atoms with Crippen LogP contribution in [0.25, 0.3) is 0 Å². The molecule has 0 spiro atoms. The van der Waals surface area contributed by atoms with Crippen molar-refractivity contribution in [1.82, 2.24) is 0 Å². The molecule has 18 heavy (non-hydrogen) atoms. The number of aliphatic hydroxyl groups excluding tert-OH is 1. The third-order valence-corrected chi connectivity index (χ3v) is 1.92. The van der Waals surface area contributed by atoms with E-state index in [4.69, 9.17) is 5.11 Å². The molecule has 100 valence electrons. The van der Waals surface area contributed by atoms with Gasteiger partial charge in [-0.2, -0.15) is 10.2 Å². The highest BCUT2D eigenvalue weighted by Gasteiger charge is 2.30. The lowest BCUT2D eigenvalue weighted by Gasteiger charge is -2.07. The molecule has 0 heterocycles. The van der Waals surface area contributed by atoms with E-state index in [1.165, 1.54) is 24.3 Å². The van der Waals surface area contributed by atoms with Crippen molar-refractivity contribution in [1.29, 1.82) is 0 Å². The zero-order chi connectivity index (χ0) is 13.4. The van der Waals surface area contributed by atoms with Crippen molar-refractivity contribution in [2.45, 2.75) is 19.2 Å². The van der Waals surface area contributed by atoms with Gasteiger partial charge in [-0.25, -0.2) is 0 Å². The van der Waals surface area contributed by atoms with Crippen LogP contribution in [-0.2, 0) is 0 Å². The van der Waals surface area contributed by atoms with Crippen LogP contribution in [0.3, 0.4) is 0 Å². The summed E-state index contributed by atoms with van der Waals surface area (Å²) >= 11 is 0. The number of nitrogens with zero attached hydrogens (tertiary/aromatic N) is 2. The zero-order valence-corrected chi connectivity index (χ0v) is 9.52. The molecule has 0 saturated heterocycles. The van der Waals surface area contributed by atoms with E-state index in [9.17, 15) is 13.2 Å². The summed E-state index contributed by atoms with van der Waals surface area (Å²) in [4.78, 5) is 0. The van der Waals surface area contributed by atoms with Gasteiger partial charge in [0.2, 0.25) is 0 Å². The molecular formula is C11H13F3N2O2. The van der Waals surface area contributed by atoms with Crippen LogP contribution in [0, 0.1) is 0 Å². The van der Waals surface area contributed by atoms with E-state index < -0.39 is 6.36 Å². The highest BCUT2D eigenvalue weighted by atomic mass is 19.4. The second kappa shape index (κ2) is 6.95. The lowest BCUT2D eigenvalue weighted by Crippen LogP contribution is -2.16. The normalized spacial score (nSPS) is 12.0. The maximum Gasteiger partial charge on any atom is 0.573 e. The number of halogens is 3. The molecule has 0 atom stereocenters. The van der Waals surface area contributed by atoms with Crippen LogP contribution in [0.4, 0.5) is 18.9 Å². The number of rotatable bonds is 6. The molecule has 0 aromatic heterocycles. The summed E-state index contributed by atoms with van der Waals surface area (Å²) in [5.74, 6) is -0.290.